The average Bonchev–Trinajstić information content (AvgIpc) is 2.74. The van der Waals surface area contributed by atoms with Crippen molar-refractivity contribution in [2.45, 2.75) is 13.8 Å². The first-order valence-corrected chi connectivity index (χ1v) is 7.36. The van der Waals surface area contributed by atoms with Gasteiger partial charge in [-0.1, -0.05) is 35.9 Å². The van der Waals surface area contributed by atoms with Crippen LogP contribution in [-0.2, 0) is 0 Å². The summed E-state index contributed by atoms with van der Waals surface area (Å²) in [6, 6.07) is 17.9. The van der Waals surface area contributed by atoms with Crippen LogP contribution in [0.1, 0.15) is 11.1 Å². The maximum absolute atomic E-state index is 2.35. The van der Waals surface area contributed by atoms with Crippen LogP contribution in [0.25, 0.3) is 30.9 Å². The lowest BCUT2D eigenvalue weighted by Gasteiger charge is -2.05. The van der Waals surface area contributed by atoms with Gasteiger partial charge in [-0.15, -0.1) is 11.3 Å². The molecule has 92 valence electrons. The van der Waals surface area contributed by atoms with Crippen LogP contribution in [-0.4, -0.2) is 0 Å². The van der Waals surface area contributed by atoms with E-state index in [2.05, 4.69) is 62.4 Å². The number of aryl methyl sites for hydroxylation is 2. The van der Waals surface area contributed by atoms with Crippen molar-refractivity contribution in [2.75, 3.05) is 0 Å². The molecule has 0 aliphatic carbocycles. The van der Waals surface area contributed by atoms with Gasteiger partial charge >= 0.3 is 0 Å². The van der Waals surface area contributed by atoms with Gasteiger partial charge in [0.05, 0.1) is 0 Å². The summed E-state index contributed by atoms with van der Waals surface area (Å²) in [5.41, 5.74) is 2.71. The standard InChI is InChI=1S/C18H14S/c1-11-7-12(2)15-10-18-16(9-13(15)8-11)14-5-3-4-6-17(14)19-18/h3-10H,1-2H3. The SMILES string of the molecule is Cc1cc(C)c2cc3sc4ccccc4c3cc2c1. The lowest BCUT2D eigenvalue weighted by Crippen LogP contribution is -1.81. The molecule has 19 heavy (non-hydrogen) atoms. The highest BCUT2D eigenvalue weighted by Gasteiger charge is 2.07. The monoisotopic (exact) mass is 262 g/mol. The van der Waals surface area contributed by atoms with Gasteiger partial charge < -0.3 is 0 Å². The number of benzene rings is 3. The second-order valence-electron chi connectivity index (χ2n) is 5.25. The maximum Gasteiger partial charge on any atom is 0.0361 e. The number of fused-ring (bicyclic) bond motifs is 4. The van der Waals surface area contributed by atoms with Gasteiger partial charge in [0.15, 0.2) is 0 Å². The molecule has 4 rings (SSSR count). The molecule has 3 aromatic carbocycles. The number of thiophene rings is 1. The average molecular weight is 262 g/mol. The largest absolute Gasteiger partial charge is 0.135 e. The molecule has 1 aromatic heterocycles. The van der Waals surface area contributed by atoms with Crippen LogP contribution in [0, 0.1) is 13.8 Å². The van der Waals surface area contributed by atoms with Gasteiger partial charge in [-0.25, -0.2) is 0 Å². The molecular weight excluding hydrogens is 248 g/mol. The summed E-state index contributed by atoms with van der Waals surface area (Å²) in [5, 5.41) is 5.50. The van der Waals surface area contributed by atoms with E-state index in [1.54, 1.807) is 0 Å². The van der Waals surface area contributed by atoms with Crippen LogP contribution in [0.15, 0.2) is 48.5 Å². The van der Waals surface area contributed by atoms with Gasteiger partial charge in [0.25, 0.3) is 0 Å². The topological polar surface area (TPSA) is 0 Å². The first kappa shape index (κ1) is 11.0. The number of rotatable bonds is 0. The van der Waals surface area contributed by atoms with Gasteiger partial charge in [0, 0.05) is 20.2 Å². The summed E-state index contributed by atoms with van der Waals surface area (Å²) >= 11 is 1.89. The molecule has 1 heterocycles. The van der Waals surface area contributed by atoms with E-state index in [1.165, 1.54) is 42.1 Å². The molecule has 0 atom stereocenters. The molecule has 0 aliphatic rings. The fourth-order valence-electron chi connectivity index (χ4n) is 2.96. The third-order valence-corrected chi connectivity index (χ3v) is 4.93. The quantitative estimate of drug-likeness (QED) is 0.374. The molecule has 0 spiro atoms. The third-order valence-electron chi connectivity index (χ3n) is 3.80. The zero-order chi connectivity index (χ0) is 13.0. The molecule has 0 unspecified atom stereocenters. The Labute approximate surface area is 116 Å². The molecular formula is C18H14S. The van der Waals surface area contributed by atoms with E-state index >= 15 is 0 Å². The van der Waals surface area contributed by atoms with Crippen molar-refractivity contribution in [3.05, 3.63) is 59.7 Å². The molecule has 0 amide bonds. The molecule has 0 radical (unpaired) electrons. The Morgan fingerprint density at radius 1 is 0.737 bits per heavy atom. The smallest absolute Gasteiger partial charge is 0.0361 e. The maximum atomic E-state index is 2.35. The highest BCUT2D eigenvalue weighted by atomic mass is 32.1. The highest BCUT2D eigenvalue weighted by molar-refractivity contribution is 7.25. The third kappa shape index (κ3) is 1.58. The molecule has 0 aliphatic heterocycles. The zero-order valence-corrected chi connectivity index (χ0v) is 11.8. The Balaban J connectivity index is 2.25. The van der Waals surface area contributed by atoms with Crippen molar-refractivity contribution in [3.63, 3.8) is 0 Å². The Hall–Kier alpha value is -1.86. The predicted molar refractivity (Wildman–Crippen MR) is 86.3 cm³/mol. The number of hydrogen-bond acceptors (Lipinski definition) is 1. The van der Waals surface area contributed by atoms with Crippen molar-refractivity contribution in [1.82, 2.24) is 0 Å². The van der Waals surface area contributed by atoms with Crippen LogP contribution in [0.4, 0.5) is 0 Å². The minimum atomic E-state index is 1.34. The van der Waals surface area contributed by atoms with Crippen LogP contribution in [0.3, 0.4) is 0 Å². The van der Waals surface area contributed by atoms with Crippen molar-refractivity contribution < 1.29 is 0 Å². The molecule has 1 heteroatoms. The molecule has 0 nitrogen and oxygen atoms in total. The predicted octanol–water partition coefficient (Wildman–Crippen LogP) is 5.82. The molecule has 0 N–H and O–H groups in total. The lowest BCUT2D eigenvalue weighted by atomic mass is 10.0. The van der Waals surface area contributed by atoms with E-state index in [1.807, 2.05) is 11.3 Å². The summed E-state index contributed by atoms with van der Waals surface area (Å²) in [6.45, 7) is 4.37. The summed E-state index contributed by atoms with van der Waals surface area (Å²) in [7, 11) is 0. The molecule has 0 bridgehead atoms. The number of hydrogen-bond donors (Lipinski definition) is 0. The normalized spacial score (nSPS) is 11.7. The fraction of sp³-hybridized carbons (Fsp3) is 0.111. The first-order valence-electron chi connectivity index (χ1n) is 6.54. The highest BCUT2D eigenvalue weighted by Crippen LogP contribution is 2.37. The van der Waals surface area contributed by atoms with Crippen LogP contribution < -0.4 is 0 Å². The van der Waals surface area contributed by atoms with Gasteiger partial charge in [0.2, 0.25) is 0 Å². The van der Waals surface area contributed by atoms with Gasteiger partial charge in [-0.05, 0) is 48.4 Å². The Morgan fingerprint density at radius 3 is 2.47 bits per heavy atom. The fourth-order valence-corrected chi connectivity index (χ4v) is 4.08. The lowest BCUT2D eigenvalue weighted by molar-refractivity contribution is 1.43. The van der Waals surface area contributed by atoms with Gasteiger partial charge in [-0.2, -0.15) is 0 Å². The van der Waals surface area contributed by atoms with Crippen molar-refractivity contribution in [2.24, 2.45) is 0 Å². The van der Waals surface area contributed by atoms with Crippen LogP contribution in [0.2, 0.25) is 0 Å². The van der Waals surface area contributed by atoms with E-state index in [9.17, 15) is 0 Å². The van der Waals surface area contributed by atoms with Gasteiger partial charge in [0.1, 0.15) is 0 Å². The van der Waals surface area contributed by atoms with E-state index < -0.39 is 0 Å². The summed E-state index contributed by atoms with van der Waals surface area (Å²) in [4.78, 5) is 0. The molecule has 4 aromatic rings. The van der Waals surface area contributed by atoms with E-state index in [-0.39, 0.29) is 0 Å². The zero-order valence-electron chi connectivity index (χ0n) is 11.0. The Kier molecular flexibility index (Phi) is 2.21. The van der Waals surface area contributed by atoms with E-state index in [4.69, 9.17) is 0 Å². The second-order valence-corrected chi connectivity index (χ2v) is 6.33. The van der Waals surface area contributed by atoms with E-state index in [0.717, 1.165) is 0 Å². The molecule has 0 fully saturated rings. The molecule has 0 saturated carbocycles. The van der Waals surface area contributed by atoms with Crippen LogP contribution >= 0.6 is 11.3 Å². The van der Waals surface area contributed by atoms with E-state index in [0.29, 0.717) is 0 Å². The Morgan fingerprint density at radius 2 is 1.58 bits per heavy atom. The van der Waals surface area contributed by atoms with Gasteiger partial charge in [-0.3, -0.25) is 0 Å². The van der Waals surface area contributed by atoms with Crippen molar-refractivity contribution in [1.29, 1.82) is 0 Å². The van der Waals surface area contributed by atoms with Crippen LogP contribution in [0.5, 0.6) is 0 Å². The minimum absolute atomic E-state index is 1.34. The second kappa shape index (κ2) is 3.82. The first-order chi connectivity index (χ1) is 9.22. The summed E-state index contributed by atoms with van der Waals surface area (Å²) in [5.74, 6) is 0. The van der Waals surface area contributed by atoms with Crippen molar-refractivity contribution in [3.8, 4) is 0 Å². The van der Waals surface area contributed by atoms with Crippen molar-refractivity contribution >= 4 is 42.3 Å². The molecule has 0 saturated heterocycles. The summed E-state index contributed by atoms with van der Waals surface area (Å²) in [6.07, 6.45) is 0. The minimum Gasteiger partial charge on any atom is -0.135 e. The summed E-state index contributed by atoms with van der Waals surface area (Å²) < 4.78 is 2.77. The Bertz CT molecular complexity index is 929.